The van der Waals surface area contributed by atoms with E-state index in [1.165, 1.54) is 107 Å². The van der Waals surface area contributed by atoms with E-state index in [0.717, 1.165) is 68.0 Å². The van der Waals surface area contributed by atoms with E-state index in [-0.39, 0.29) is 34.8 Å². The maximum atomic E-state index is 14.2. The second-order valence-electron chi connectivity index (χ2n) is 20.0. The molecular weight excluding hydrogens is 819 g/mol. The third kappa shape index (κ3) is 14.9. The van der Waals surface area contributed by atoms with Gasteiger partial charge in [0, 0.05) is 70.8 Å². The number of alkyl halides is 2. The Bertz CT molecular complexity index is 2000. The van der Waals surface area contributed by atoms with Gasteiger partial charge in [-0.25, -0.2) is 0 Å². The minimum absolute atomic E-state index is 0.0907. The van der Waals surface area contributed by atoms with Crippen LogP contribution in [0.5, 0.6) is 17.2 Å². The molecule has 2 aliphatic carbocycles. The van der Waals surface area contributed by atoms with Gasteiger partial charge in [0.1, 0.15) is 0 Å². The summed E-state index contributed by atoms with van der Waals surface area (Å²) in [6, 6.07) is 24.6. The van der Waals surface area contributed by atoms with Gasteiger partial charge < -0.3 is 24.4 Å². The van der Waals surface area contributed by atoms with Crippen molar-refractivity contribution in [3.63, 3.8) is 0 Å². The second kappa shape index (κ2) is 24.0. The molecule has 3 aromatic carbocycles. The summed E-state index contributed by atoms with van der Waals surface area (Å²) in [5.41, 5.74) is 5.06. The summed E-state index contributed by atoms with van der Waals surface area (Å²) in [4.78, 5) is 21.4. The SMILES string of the molecule is C/C(=C\c1ccccc1)CN(CC1CCCN1CC1CCCCC1)C(=O)c1cc(OC(F)F)c2c(c1)OC(C)(C)O2.C/C(=C\c1ccccc1)CNCC1CCCN1CC1CCCCC1. The lowest BCUT2D eigenvalue weighted by molar-refractivity contribution is -0.0617. The first-order chi connectivity index (χ1) is 31.5. The summed E-state index contributed by atoms with van der Waals surface area (Å²) < 4.78 is 43.0. The fourth-order valence-electron chi connectivity index (χ4n) is 10.9. The van der Waals surface area contributed by atoms with Gasteiger partial charge in [-0.3, -0.25) is 14.6 Å². The highest BCUT2D eigenvalue weighted by Gasteiger charge is 2.37. The number of carbonyl (C=O) groups is 1. The van der Waals surface area contributed by atoms with Crippen LogP contribution in [0.25, 0.3) is 12.2 Å². The van der Waals surface area contributed by atoms with Crippen molar-refractivity contribution in [1.29, 1.82) is 0 Å². The van der Waals surface area contributed by atoms with Crippen molar-refractivity contribution in [1.82, 2.24) is 20.0 Å². The van der Waals surface area contributed by atoms with Gasteiger partial charge in [0.2, 0.25) is 11.5 Å². The topological polar surface area (TPSA) is 66.5 Å². The minimum Gasteiger partial charge on any atom is -0.449 e. The van der Waals surface area contributed by atoms with E-state index < -0.39 is 12.4 Å². The lowest BCUT2D eigenvalue weighted by atomic mass is 9.89. The molecule has 5 aliphatic rings. The number of nitrogens with zero attached hydrogens (tertiary/aromatic N) is 3. The fraction of sp³-hybridized carbons (Fsp3) is 0.582. The zero-order chi connectivity index (χ0) is 45.6. The molecule has 2 atom stereocenters. The zero-order valence-corrected chi connectivity index (χ0v) is 39.8. The predicted octanol–water partition coefficient (Wildman–Crippen LogP) is 12.1. The Labute approximate surface area is 388 Å². The number of rotatable bonds is 17. The molecule has 0 bridgehead atoms. The average molecular weight is 895 g/mol. The molecular formula is C55H76F2N4O4. The lowest BCUT2D eigenvalue weighted by Gasteiger charge is -2.34. The van der Waals surface area contributed by atoms with Gasteiger partial charge in [-0.2, -0.15) is 8.78 Å². The van der Waals surface area contributed by atoms with E-state index in [9.17, 15) is 13.6 Å². The molecule has 0 radical (unpaired) electrons. The highest BCUT2D eigenvalue weighted by Crippen LogP contribution is 2.47. The number of hydrogen-bond donors (Lipinski definition) is 1. The second-order valence-corrected chi connectivity index (χ2v) is 20.0. The van der Waals surface area contributed by atoms with Crippen LogP contribution in [0, 0.1) is 11.8 Å². The molecule has 2 saturated carbocycles. The smallest absolute Gasteiger partial charge is 0.387 e. The van der Waals surface area contributed by atoms with Gasteiger partial charge in [0.15, 0.2) is 11.5 Å². The number of nitrogens with one attached hydrogen (secondary N) is 1. The zero-order valence-electron chi connectivity index (χ0n) is 39.8. The van der Waals surface area contributed by atoms with Crippen LogP contribution in [0.15, 0.2) is 83.9 Å². The Morgan fingerprint density at radius 3 is 1.89 bits per heavy atom. The first kappa shape index (κ1) is 48.7. The van der Waals surface area contributed by atoms with Gasteiger partial charge in [0.05, 0.1) is 0 Å². The monoisotopic (exact) mass is 895 g/mol. The molecule has 0 aromatic heterocycles. The Balaban J connectivity index is 0.000000223. The fourth-order valence-corrected chi connectivity index (χ4v) is 10.9. The number of benzene rings is 3. The van der Waals surface area contributed by atoms with Crippen LogP contribution in [0.3, 0.4) is 0 Å². The lowest BCUT2D eigenvalue weighted by Crippen LogP contribution is -2.45. The molecule has 65 heavy (non-hydrogen) atoms. The van der Waals surface area contributed by atoms with Crippen LogP contribution in [-0.4, -0.2) is 97.4 Å². The van der Waals surface area contributed by atoms with Crippen LogP contribution < -0.4 is 19.5 Å². The number of fused-ring (bicyclic) bond motifs is 1. The van der Waals surface area contributed by atoms with E-state index in [2.05, 4.69) is 64.5 Å². The molecule has 3 aliphatic heterocycles. The van der Waals surface area contributed by atoms with Crippen LogP contribution in [0.2, 0.25) is 0 Å². The van der Waals surface area contributed by atoms with Crippen molar-refractivity contribution in [2.75, 3.05) is 52.4 Å². The highest BCUT2D eigenvalue weighted by molar-refractivity contribution is 5.96. The Kier molecular flexibility index (Phi) is 18.0. The number of likely N-dealkylation sites (tertiary alicyclic amines) is 2. The number of hydrogen-bond acceptors (Lipinski definition) is 7. The quantitative estimate of drug-likeness (QED) is 0.145. The molecule has 3 aromatic rings. The Morgan fingerprint density at radius 2 is 1.31 bits per heavy atom. The van der Waals surface area contributed by atoms with Crippen LogP contribution >= 0.6 is 0 Å². The van der Waals surface area contributed by atoms with Gasteiger partial charge >= 0.3 is 6.61 Å². The molecule has 354 valence electrons. The normalized spacial score (nSPS) is 22.0. The first-order valence-electron chi connectivity index (χ1n) is 24.9. The molecule has 3 heterocycles. The standard InChI is InChI=1S/C33H42F2N2O4.C22H34N2/c1-23(17-24-11-6-4-7-12-24)20-37(22-27-15-10-16-36(27)21-25-13-8-5-9-14-25)31(38)26-18-28(39-32(34)35)30-29(19-26)40-33(2,3)41-30;1-19(15-20-9-4-2-5-10-20)16-23-17-22-13-8-14-24(22)18-21-11-6-3-7-12-21/h4,6-7,11-12,17-19,25,27,32H,5,8-10,13-16,20-22H2,1-3H3;2,4-5,9-10,15,21-23H,3,6-8,11-14,16-18H2,1H3/b23-17+;19-15+. The molecule has 10 heteroatoms. The number of carbonyl (C=O) groups excluding carboxylic acids is 1. The molecule has 8 nitrogen and oxygen atoms in total. The van der Waals surface area contributed by atoms with Crippen LogP contribution in [0.4, 0.5) is 8.78 Å². The minimum atomic E-state index is -3.06. The molecule has 2 saturated heterocycles. The third-order valence-electron chi connectivity index (χ3n) is 14.0. The summed E-state index contributed by atoms with van der Waals surface area (Å²) in [6.07, 6.45) is 23.1. The summed E-state index contributed by atoms with van der Waals surface area (Å²) in [5.74, 6) is 0.523. The number of amides is 1. The molecule has 1 amide bonds. The van der Waals surface area contributed by atoms with E-state index in [1.54, 1.807) is 19.9 Å². The molecule has 0 spiro atoms. The van der Waals surface area contributed by atoms with E-state index >= 15 is 0 Å². The molecule has 2 unspecified atom stereocenters. The first-order valence-corrected chi connectivity index (χ1v) is 24.9. The van der Waals surface area contributed by atoms with Gasteiger partial charge in [-0.05, 0) is 113 Å². The van der Waals surface area contributed by atoms with Gasteiger partial charge in [0.25, 0.3) is 5.91 Å². The Hall–Kier alpha value is -4.25. The summed E-state index contributed by atoms with van der Waals surface area (Å²) in [5, 5.41) is 3.70. The van der Waals surface area contributed by atoms with Crippen molar-refractivity contribution in [3.05, 3.63) is 101 Å². The average Bonchev–Trinajstić information content (AvgIpc) is 4.02. The number of ether oxygens (including phenoxy) is 3. The molecule has 4 fully saturated rings. The molecule has 1 N–H and O–H groups in total. The van der Waals surface area contributed by atoms with Gasteiger partial charge in [-0.15, -0.1) is 0 Å². The largest absolute Gasteiger partial charge is 0.449 e. The highest BCUT2D eigenvalue weighted by atomic mass is 19.3. The van der Waals surface area contributed by atoms with Crippen molar-refractivity contribution in [2.45, 2.75) is 142 Å². The van der Waals surface area contributed by atoms with Crippen molar-refractivity contribution < 1.29 is 27.8 Å². The summed E-state index contributed by atoms with van der Waals surface area (Å²) >= 11 is 0. The van der Waals surface area contributed by atoms with Crippen molar-refractivity contribution >= 4 is 18.1 Å². The number of halogens is 2. The third-order valence-corrected chi connectivity index (χ3v) is 14.0. The van der Waals surface area contributed by atoms with Crippen molar-refractivity contribution in [3.8, 4) is 17.2 Å². The van der Waals surface area contributed by atoms with Gasteiger partial charge in [-0.1, -0.05) is 122 Å². The maximum Gasteiger partial charge on any atom is 0.387 e. The van der Waals surface area contributed by atoms with E-state index in [4.69, 9.17) is 14.2 Å². The Morgan fingerprint density at radius 1 is 0.754 bits per heavy atom. The maximum absolute atomic E-state index is 14.2. The molecule has 8 rings (SSSR count). The van der Waals surface area contributed by atoms with Crippen LogP contribution in [0.1, 0.15) is 139 Å². The van der Waals surface area contributed by atoms with Crippen molar-refractivity contribution in [2.24, 2.45) is 11.8 Å². The predicted molar refractivity (Wildman–Crippen MR) is 260 cm³/mol. The van der Waals surface area contributed by atoms with E-state index in [0.29, 0.717) is 13.1 Å². The summed E-state index contributed by atoms with van der Waals surface area (Å²) in [7, 11) is 0. The summed E-state index contributed by atoms with van der Waals surface area (Å²) in [6.45, 7) is 12.5. The van der Waals surface area contributed by atoms with E-state index in [1.807, 2.05) is 42.2 Å². The van der Waals surface area contributed by atoms with Crippen LogP contribution in [-0.2, 0) is 0 Å².